The monoisotopic (exact) mass is 678 g/mol. The van der Waals surface area contributed by atoms with Gasteiger partial charge in [-0.15, -0.1) is 0 Å². The molecule has 43 heavy (non-hydrogen) atoms. The molecule has 3 heteroatoms. The number of aromatic nitrogens is 2. The van der Waals surface area contributed by atoms with Crippen molar-refractivity contribution in [1.29, 1.82) is 0 Å². The van der Waals surface area contributed by atoms with Crippen molar-refractivity contribution in [3.63, 3.8) is 0 Å². The first kappa shape index (κ1) is 28.8. The first-order chi connectivity index (χ1) is 20.1. The zero-order valence-corrected chi connectivity index (χ0v) is 29.3. The first-order valence-electron chi connectivity index (χ1n) is 15.7. The van der Waals surface area contributed by atoms with Gasteiger partial charge >= 0.3 is 0 Å². The van der Waals surface area contributed by atoms with Gasteiger partial charge in [0.2, 0.25) is 0 Å². The Hall–Kier alpha value is -2.92. The molecule has 7 aromatic rings. The smallest absolute Gasteiger partial charge is 0.0823 e. The summed E-state index contributed by atoms with van der Waals surface area (Å²) in [6, 6.07) is 21.1. The third-order valence-corrected chi connectivity index (χ3v) is 9.60. The minimum absolute atomic E-state index is 0.124. The molecule has 7 rings (SSSR count). The van der Waals surface area contributed by atoms with Crippen LogP contribution in [0.25, 0.3) is 59.8 Å². The highest BCUT2D eigenvalue weighted by atomic mass is 127. The molecule has 2 nitrogen and oxygen atoms in total. The zero-order valence-electron chi connectivity index (χ0n) is 27.2. The molecule has 0 aliphatic rings. The van der Waals surface area contributed by atoms with E-state index in [2.05, 4.69) is 150 Å². The molecule has 0 amide bonds. The van der Waals surface area contributed by atoms with Gasteiger partial charge in [0.1, 0.15) is 0 Å². The molecule has 4 aromatic carbocycles. The van der Waals surface area contributed by atoms with Gasteiger partial charge in [-0.2, -0.15) is 0 Å². The average Bonchev–Trinajstić information content (AvgIpc) is 3.22. The topological polar surface area (TPSA) is 17.3 Å². The Morgan fingerprint density at radius 2 is 1.35 bits per heavy atom. The SMILES string of the molecule is CC(C)(C)Cc1ccc2c(CC(C)(C)C)c3c(cc2c1)c1ncc(CC(C)(C)C)c2cc(I)c4c5ccccc5n3c4c21. The molecule has 220 valence electrons. The largest absolute Gasteiger partial charge is 0.308 e. The molecular formula is C40H43IN2. The standard InChI is InChI=1S/C40H43IN2/c1-38(2,3)19-23-14-15-26-24(16-23)17-29-35-34-28(25(22-42-35)20-39(4,5)6)18-31(41)33-27-12-10-11-13-32(27)43(37(33)34)36(29)30(26)21-40(7,8)9/h10-18,22H,19-21H2,1-9H3. The van der Waals surface area contributed by atoms with Crippen molar-refractivity contribution in [3.05, 3.63) is 81.1 Å². The third kappa shape index (κ3) is 4.87. The molecule has 3 aromatic heterocycles. The van der Waals surface area contributed by atoms with Crippen LogP contribution in [0, 0.1) is 19.8 Å². The molecule has 0 radical (unpaired) electrons. The predicted octanol–water partition coefficient (Wildman–Crippen LogP) is 11.9. The van der Waals surface area contributed by atoms with Crippen molar-refractivity contribution in [2.45, 2.75) is 81.6 Å². The van der Waals surface area contributed by atoms with Crippen molar-refractivity contribution in [2.24, 2.45) is 16.2 Å². The second-order valence-electron chi connectivity index (χ2n) is 16.5. The molecule has 0 unspecified atom stereocenters. The Labute approximate surface area is 269 Å². The van der Waals surface area contributed by atoms with E-state index < -0.39 is 0 Å². The molecule has 0 bridgehead atoms. The van der Waals surface area contributed by atoms with Gasteiger partial charge in [-0.3, -0.25) is 4.98 Å². The maximum absolute atomic E-state index is 5.36. The Balaban J connectivity index is 1.75. The van der Waals surface area contributed by atoms with Crippen molar-refractivity contribution >= 4 is 82.4 Å². The van der Waals surface area contributed by atoms with Crippen LogP contribution in [0.15, 0.2) is 60.8 Å². The number of fused-ring (bicyclic) bond motifs is 7. The van der Waals surface area contributed by atoms with E-state index in [4.69, 9.17) is 4.98 Å². The Kier molecular flexibility index (Phi) is 6.39. The average molecular weight is 679 g/mol. The molecule has 0 spiro atoms. The number of rotatable bonds is 3. The molecule has 0 aliphatic carbocycles. The number of benzene rings is 4. The quantitative estimate of drug-likeness (QED) is 0.103. The number of hydrogen-bond donors (Lipinski definition) is 0. The maximum Gasteiger partial charge on any atom is 0.0823 e. The summed E-state index contributed by atoms with van der Waals surface area (Å²) in [7, 11) is 0. The minimum atomic E-state index is 0.124. The molecule has 0 atom stereocenters. The molecule has 3 heterocycles. The summed E-state index contributed by atoms with van der Waals surface area (Å²) in [6.45, 7) is 21.1. The van der Waals surface area contributed by atoms with Gasteiger partial charge in [-0.05, 0) is 109 Å². The fraction of sp³-hybridized carbons (Fsp3) is 0.375. The normalized spacial score (nSPS) is 13.6. The van der Waals surface area contributed by atoms with E-state index in [1.165, 1.54) is 74.5 Å². The van der Waals surface area contributed by atoms with Gasteiger partial charge in [0, 0.05) is 31.3 Å². The lowest BCUT2D eigenvalue weighted by atomic mass is 9.83. The second-order valence-corrected chi connectivity index (χ2v) is 17.7. The maximum atomic E-state index is 5.36. The van der Waals surface area contributed by atoms with Crippen LogP contribution in [0.1, 0.15) is 79.0 Å². The molecular weight excluding hydrogens is 635 g/mol. The second kappa shape index (κ2) is 9.54. The number of hydrogen-bond acceptors (Lipinski definition) is 1. The van der Waals surface area contributed by atoms with Gasteiger partial charge in [0.25, 0.3) is 0 Å². The van der Waals surface area contributed by atoms with E-state index in [0.717, 1.165) is 24.8 Å². The fourth-order valence-electron chi connectivity index (χ4n) is 7.42. The highest BCUT2D eigenvalue weighted by Gasteiger charge is 2.27. The Morgan fingerprint density at radius 3 is 2.05 bits per heavy atom. The van der Waals surface area contributed by atoms with Crippen LogP contribution in [-0.2, 0) is 19.3 Å². The molecule has 0 aliphatic heterocycles. The van der Waals surface area contributed by atoms with Crippen molar-refractivity contribution in [1.82, 2.24) is 9.38 Å². The third-order valence-electron chi connectivity index (χ3n) is 8.75. The molecule has 0 N–H and O–H groups in total. The van der Waals surface area contributed by atoms with Gasteiger partial charge in [-0.25, -0.2) is 0 Å². The summed E-state index contributed by atoms with van der Waals surface area (Å²) >= 11 is 2.58. The predicted molar refractivity (Wildman–Crippen MR) is 196 cm³/mol. The van der Waals surface area contributed by atoms with Crippen molar-refractivity contribution in [2.75, 3.05) is 0 Å². The Morgan fingerprint density at radius 1 is 0.651 bits per heavy atom. The number of para-hydroxylation sites is 1. The van der Waals surface area contributed by atoms with Crippen LogP contribution in [0.2, 0.25) is 0 Å². The molecule has 0 fully saturated rings. The van der Waals surface area contributed by atoms with Crippen LogP contribution >= 0.6 is 22.6 Å². The van der Waals surface area contributed by atoms with Crippen molar-refractivity contribution < 1.29 is 0 Å². The molecule has 0 saturated heterocycles. The summed E-state index contributed by atoms with van der Waals surface area (Å²) < 4.78 is 3.93. The van der Waals surface area contributed by atoms with E-state index in [1.807, 2.05) is 0 Å². The van der Waals surface area contributed by atoms with Crippen LogP contribution in [0.4, 0.5) is 0 Å². The van der Waals surface area contributed by atoms with Gasteiger partial charge in [0.05, 0.1) is 22.1 Å². The van der Waals surface area contributed by atoms with E-state index in [-0.39, 0.29) is 16.2 Å². The number of nitrogens with zero attached hydrogens (tertiary/aromatic N) is 2. The summed E-state index contributed by atoms with van der Waals surface area (Å²) in [4.78, 5) is 5.36. The summed E-state index contributed by atoms with van der Waals surface area (Å²) in [5.41, 5.74) is 9.78. The van der Waals surface area contributed by atoms with Crippen molar-refractivity contribution in [3.8, 4) is 0 Å². The van der Waals surface area contributed by atoms with E-state index >= 15 is 0 Å². The van der Waals surface area contributed by atoms with Crippen LogP contribution < -0.4 is 0 Å². The minimum Gasteiger partial charge on any atom is -0.308 e. The summed E-state index contributed by atoms with van der Waals surface area (Å²) in [5.74, 6) is 0. The number of pyridine rings is 2. The van der Waals surface area contributed by atoms with Gasteiger partial charge in [-0.1, -0.05) is 98.7 Å². The zero-order chi connectivity index (χ0) is 30.6. The van der Waals surface area contributed by atoms with E-state index in [9.17, 15) is 0 Å². The molecule has 0 saturated carbocycles. The first-order valence-corrected chi connectivity index (χ1v) is 16.8. The van der Waals surface area contributed by atoms with Gasteiger partial charge in [0.15, 0.2) is 0 Å². The van der Waals surface area contributed by atoms with Crippen LogP contribution in [-0.4, -0.2) is 9.38 Å². The highest BCUT2D eigenvalue weighted by Crippen LogP contribution is 2.46. The fourth-order valence-corrected chi connectivity index (χ4v) is 8.28. The van der Waals surface area contributed by atoms with Crippen LogP contribution in [0.3, 0.4) is 0 Å². The lowest BCUT2D eigenvalue weighted by molar-refractivity contribution is 0.411. The lowest BCUT2D eigenvalue weighted by Gasteiger charge is -2.25. The lowest BCUT2D eigenvalue weighted by Crippen LogP contribution is -2.12. The summed E-state index contributed by atoms with van der Waals surface area (Å²) in [5, 5.41) is 9.31. The van der Waals surface area contributed by atoms with E-state index in [0.29, 0.717) is 0 Å². The van der Waals surface area contributed by atoms with Gasteiger partial charge < -0.3 is 4.40 Å². The van der Waals surface area contributed by atoms with Crippen LogP contribution in [0.5, 0.6) is 0 Å². The van der Waals surface area contributed by atoms with E-state index in [1.54, 1.807) is 0 Å². The summed E-state index contributed by atoms with van der Waals surface area (Å²) in [6.07, 6.45) is 5.22. The number of halogens is 1. The Bertz CT molecular complexity index is 2210. The highest BCUT2D eigenvalue weighted by molar-refractivity contribution is 14.1.